The number of carbonyl (C=O) groups excluding carboxylic acids is 2. The molecule has 102 valence electrons. The van der Waals surface area contributed by atoms with Crippen molar-refractivity contribution >= 4 is 21.8 Å². The molecule has 1 aromatic rings. The molecule has 0 bridgehead atoms. The maximum atomic E-state index is 12.2. The largest absolute Gasteiger partial charge is 0.276 e. The fraction of sp³-hybridized carbons (Fsp3) is 0.385. The van der Waals surface area contributed by atoms with Gasteiger partial charge in [0.1, 0.15) is 4.90 Å². The normalized spacial score (nSPS) is 16.5. The summed E-state index contributed by atoms with van der Waals surface area (Å²) in [6, 6.07) is 5.89. The minimum atomic E-state index is -4.00. The van der Waals surface area contributed by atoms with Crippen LogP contribution in [0.2, 0.25) is 0 Å². The maximum Gasteiger partial charge on any atom is 0.276 e. The summed E-state index contributed by atoms with van der Waals surface area (Å²) in [6.45, 7) is 1.98. The number of sulfonamides is 1. The molecule has 0 aromatic heterocycles. The van der Waals surface area contributed by atoms with Gasteiger partial charge in [0.05, 0.1) is 5.56 Å². The molecule has 19 heavy (non-hydrogen) atoms. The van der Waals surface area contributed by atoms with Gasteiger partial charge in [-0.3, -0.25) is 9.59 Å². The van der Waals surface area contributed by atoms with E-state index in [1.807, 2.05) is 6.92 Å². The van der Waals surface area contributed by atoms with Crippen LogP contribution >= 0.6 is 0 Å². The first kappa shape index (κ1) is 13.7. The summed E-state index contributed by atoms with van der Waals surface area (Å²) in [7, 11) is -4.00. The van der Waals surface area contributed by atoms with Crippen LogP contribution < -0.4 is 0 Å². The van der Waals surface area contributed by atoms with E-state index < -0.39 is 21.8 Å². The lowest BCUT2D eigenvalue weighted by Gasteiger charge is -2.12. The van der Waals surface area contributed by atoms with Gasteiger partial charge in [0, 0.05) is 6.42 Å². The second kappa shape index (κ2) is 5.13. The molecule has 2 amide bonds. The lowest BCUT2D eigenvalue weighted by Crippen LogP contribution is -2.36. The third kappa shape index (κ3) is 2.28. The first-order valence-electron chi connectivity index (χ1n) is 6.21. The molecule has 0 radical (unpaired) electrons. The molecule has 0 aliphatic carbocycles. The first-order chi connectivity index (χ1) is 9.00. The van der Waals surface area contributed by atoms with Crippen LogP contribution in [0.3, 0.4) is 0 Å². The number of benzene rings is 1. The minimum Gasteiger partial charge on any atom is -0.273 e. The fourth-order valence-electron chi connectivity index (χ4n) is 2.06. The van der Waals surface area contributed by atoms with E-state index in [9.17, 15) is 18.0 Å². The van der Waals surface area contributed by atoms with Gasteiger partial charge in [-0.1, -0.05) is 31.9 Å². The smallest absolute Gasteiger partial charge is 0.273 e. The molecule has 0 atom stereocenters. The molecule has 0 N–H and O–H groups in total. The van der Waals surface area contributed by atoms with Gasteiger partial charge >= 0.3 is 0 Å². The molecule has 0 spiro atoms. The quantitative estimate of drug-likeness (QED) is 0.791. The Labute approximate surface area is 112 Å². The lowest BCUT2D eigenvalue weighted by molar-refractivity contribution is -0.124. The summed E-state index contributed by atoms with van der Waals surface area (Å²) in [5.41, 5.74) is 0.0753. The van der Waals surface area contributed by atoms with Crippen molar-refractivity contribution in [3.05, 3.63) is 29.8 Å². The van der Waals surface area contributed by atoms with Crippen LogP contribution in [0, 0.1) is 0 Å². The zero-order valence-corrected chi connectivity index (χ0v) is 11.4. The molecule has 2 rings (SSSR count). The number of unbranched alkanes of at least 4 members (excludes halogenated alkanes) is 2. The Morgan fingerprint density at radius 1 is 1.21 bits per heavy atom. The number of fused-ring (bicyclic) bond motifs is 1. The van der Waals surface area contributed by atoms with Crippen LogP contribution in [0.25, 0.3) is 0 Å². The summed E-state index contributed by atoms with van der Waals surface area (Å²) >= 11 is 0. The van der Waals surface area contributed by atoms with E-state index in [4.69, 9.17) is 0 Å². The van der Waals surface area contributed by atoms with Crippen molar-refractivity contribution in [2.24, 2.45) is 0 Å². The van der Waals surface area contributed by atoms with Crippen molar-refractivity contribution in [3.8, 4) is 0 Å². The van der Waals surface area contributed by atoms with Crippen LogP contribution in [-0.2, 0) is 14.8 Å². The van der Waals surface area contributed by atoms with Crippen LogP contribution in [0.4, 0.5) is 0 Å². The third-order valence-electron chi connectivity index (χ3n) is 3.04. The Hall–Kier alpha value is -1.69. The van der Waals surface area contributed by atoms with E-state index >= 15 is 0 Å². The average molecular weight is 281 g/mol. The number of rotatable bonds is 4. The highest BCUT2D eigenvalue weighted by Gasteiger charge is 2.44. The molecule has 6 heteroatoms. The Morgan fingerprint density at radius 2 is 1.89 bits per heavy atom. The van der Waals surface area contributed by atoms with Gasteiger partial charge in [0.2, 0.25) is 5.91 Å². The second-order valence-corrected chi connectivity index (χ2v) is 6.18. The highest BCUT2D eigenvalue weighted by atomic mass is 32.2. The van der Waals surface area contributed by atoms with Crippen LogP contribution in [0.1, 0.15) is 43.0 Å². The lowest BCUT2D eigenvalue weighted by atomic mass is 10.2. The first-order valence-corrected chi connectivity index (χ1v) is 7.65. The summed E-state index contributed by atoms with van der Waals surface area (Å²) in [5.74, 6) is -1.38. The number of hydrogen-bond acceptors (Lipinski definition) is 4. The van der Waals surface area contributed by atoms with Gasteiger partial charge in [-0.25, -0.2) is 8.42 Å². The van der Waals surface area contributed by atoms with Gasteiger partial charge < -0.3 is 0 Å². The van der Waals surface area contributed by atoms with Crippen molar-refractivity contribution in [1.29, 1.82) is 0 Å². The number of hydrogen-bond donors (Lipinski definition) is 0. The summed E-state index contributed by atoms with van der Waals surface area (Å²) < 4.78 is 24.7. The number of imide groups is 1. The molecule has 1 heterocycles. The zero-order valence-electron chi connectivity index (χ0n) is 10.6. The molecule has 0 saturated heterocycles. The van der Waals surface area contributed by atoms with Crippen LogP contribution in [0.15, 0.2) is 29.2 Å². The van der Waals surface area contributed by atoms with E-state index in [-0.39, 0.29) is 16.9 Å². The average Bonchev–Trinajstić information content (AvgIpc) is 2.58. The molecule has 1 aliphatic heterocycles. The molecule has 0 saturated carbocycles. The zero-order chi connectivity index (χ0) is 14.0. The molecule has 0 unspecified atom stereocenters. The van der Waals surface area contributed by atoms with Gasteiger partial charge in [-0.2, -0.15) is 4.31 Å². The van der Waals surface area contributed by atoms with Crippen molar-refractivity contribution in [1.82, 2.24) is 4.31 Å². The van der Waals surface area contributed by atoms with Crippen molar-refractivity contribution < 1.29 is 18.0 Å². The highest BCUT2D eigenvalue weighted by Crippen LogP contribution is 2.30. The van der Waals surface area contributed by atoms with Crippen LogP contribution in [-0.4, -0.2) is 24.5 Å². The maximum absolute atomic E-state index is 12.2. The molecule has 5 nitrogen and oxygen atoms in total. The van der Waals surface area contributed by atoms with E-state index in [0.29, 0.717) is 10.7 Å². The number of nitrogens with zero attached hydrogens (tertiary/aromatic N) is 1. The van der Waals surface area contributed by atoms with Crippen molar-refractivity contribution in [3.63, 3.8) is 0 Å². The summed E-state index contributed by atoms with van der Waals surface area (Å²) in [4.78, 5) is 23.9. The molecular weight excluding hydrogens is 266 g/mol. The van der Waals surface area contributed by atoms with E-state index in [1.165, 1.54) is 18.2 Å². The molecule has 0 fully saturated rings. The summed E-state index contributed by atoms with van der Waals surface area (Å²) in [6.07, 6.45) is 2.42. The van der Waals surface area contributed by atoms with E-state index in [2.05, 4.69) is 0 Å². The van der Waals surface area contributed by atoms with E-state index in [1.54, 1.807) is 6.07 Å². The molecular formula is C13H15NO4S. The Bertz CT molecular complexity index is 621. The standard InChI is InChI=1S/C13H15NO4S/c1-2-3-4-9-12(15)14-13(16)10-7-5-6-8-11(10)19(14,17)18/h5-8H,2-4,9H2,1H3. The predicted molar refractivity (Wildman–Crippen MR) is 68.9 cm³/mol. The SMILES string of the molecule is CCCCCC(=O)N1C(=O)c2ccccc2S1(=O)=O. The number of carbonyl (C=O) groups is 2. The third-order valence-corrected chi connectivity index (χ3v) is 4.80. The van der Waals surface area contributed by atoms with Crippen LogP contribution in [0.5, 0.6) is 0 Å². The minimum absolute atomic E-state index is 0.0753. The Kier molecular flexibility index (Phi) is 3.71. The van der Waals surface area contributed by atoms with Gasteiger partial charge in [-0.05, 0) is 18.6 Å². The highest BCUT2D eigenvalue weighted by molar-refractivity contribution is 7.90. The Morgan fingerprint density at radius 3 is 2.53 bits per heavy atom. The second-order valence-electron chi connectivity index (χ2n) is 4.42. The van der Waals surface area contributed by atoms with E-state index in [0.717, 1.165) is 12.8 Å². The van der Waals surface area contributed by atoms with Crippen molar-refractivity contribution in [2.75, 3.05) is 0 Å². The Balaban J connectivity index is 2.30. The van der Waals surface area contributed by atoms with Crippen molar-refractivity contribution in [2.45, 2.75) is 37.5 Å². The topological polar surface area (TPSA) is 71.5 Å². The molecule has 1 aliphatic rings. The van der Waals surface area contributed by atoms with Gasteiger partial charge in [0.25, 0.3) is 15.9 Å². The monoisotopic (exact) mass is 281 g/mol. The molecule has 1 aromatic carbocycles. The van der Waals surface area contributed by atoms with Gasteiger partial charge in [0.15, 0.2) is 0 Å². The fourth-order valence-corrected chi connectivity index (χ4v) is 3.62. The van der Waals surface area contributed by atoms with Gasteiger partial charge in [-0.15, -0.1) is 0 Å². The number of amides is 2. The summed E-state index contributed by atoms with van der Waals surface area (Å²) in [5, 5.41) is 0. The predicted octanol–water partition coefficient (Wildman–Crippen LogP) is 1.94.